The molecule has 4 nitrogen and oxygen atoms in total. The number of thiol groups is 1. The highest BCUT2D eigenvalue weighted by Crippen LogP contribution is 2.20. The Hall–Kier alpha value is -1.49. The van der Waals surface area contributed by atoms with Crippen LogP contribution in [0, 0.1) is 0 Å². The fourth-order valence-corrected chi connectivity index (χ4v) is 2.64. The van der Waals surface area contributed by atoms with Crippen LogP contribution < -0.4 is 5.32 Å². The summed E-state index contributed by atoms with van der Waals surface area (Å²) in [6.45, 7) is 0.633. The van der Waals surface area contributed by atoms with Crippen LogP contribution in [0.5, 0.6) is 0 Å². The van der Waals surface area contributed by atoms with Gasteiger partial charge < -0.3 is 10.2 Å². The molecule has 1 aromatic rings. The number of carbonyl (C=O) groups is 2. The molecule has 1 fully saturated rings. The SMILES string of the molecule is CNC(=O)C1CCCCN1C(=O)c1cccc(S)c1. The summed E-state index contributed by atoms with van der Waals surface area (Å²) in [4.78, 5) is 26.8. The van der Waals surface area contributed by atoms with Gasteiger partial charge >= 0.3 is 0 Å². The van der Waals surface area contributed by atoms with Crippen molar-refractivity contribution in [3.05, 3.63) is 29.8 Å². The number of piperidine rings is 1. The van der Waals surface area contributed by atoms with Crippen LogP contribution in [0.1, 0.15) is 29.6 Å². The summed E-state index contributed by atoms with van der Waals surface area (Å²) in [5.41, 5.74) is 0.586. The second-order valence-corrected chi connectivity index (χ2v) is 5.19. The lowest BCUT2D eigenvalue weighted by Gasteiger charge is -2.34. The quantitative estimate of drug-likeness (QED) is 0.809. The van der Waals surface area contributed by atoms with Crippen LogP contribution in [0.3, 0.4) is 0 Å². The van der Waals surface area contributed by atoms with Gasteiger partial charge in [0.2, 0.25) is 5.91 Å². The summed E-state index contributed by atoms with van der Waals surface area (Å²) in [5, 5.41) is 2.63. The normalized spacial score (nSPS) is 19.1. The van der Waals surface area contributed by atoms with Gasteiger partial charge in [-0.1, -0.05) is 6.07 Å². The molecule has 1 atom stereocenters. The van der Waals surface area contributed by atoms with Crippen molar-refractivity contribution in [3.63, 3.8) is 0 Å². The van der Waals surface area contributed by atoms with Crippen LogP contribution in [0.2, 0.25) is 0 Å². The van der Waals surface area contributed by atoms with Gasteiger partial charge in [-0.25, -0.2) is 0 Å². The molecule has 1 N–H and O–H groups in total. The highest BCUT2D eigenvalue weighted by molar-refractivity contribution is 7.80. The third kappa shape index (κ3) is 3.10. The van der Waals surface area contributed by atoms with Gasteiger partial charge in [0, 0.05) is 24.1 Å². The van der Waals surface area contributed by atoms with Crippen molar-refractivity contribution in [2.24, 2.45) is 0 Å². The summed E-state index contributed by atoms with van der Waals surface area (Å²) in [6.07, 6.45) is 2.65. The van der Waals surface area contributed by atoms with E-state index in [9.17, 15) is 9.59 Å². The summed E-state index contributed by atoms with van der Waals surface area (Å²) in [5.74, 6) is -0.181. The van der Waals surface area contributed by atoms with Gasteiger partial charge in [0.1, 0.15) is 6.04 Å². The average molecular weight is 278 g/mol. The Morgan fingerprint density at radius 1 is 1.37 bits per heavy atom. The summed E-state index contributed by atoms with van der Waals surface area (Å²) >= 11 is 4.24. The molecule has 0 aromatic heterocycles. The van der Waals surface area contributed by atoms with Gasteiger partial charge in [0.15, 0.2) is 0 Å². The zero-order valence-corrected chi connectivity index (χ0v) is 11.8. The molecule has 0 spiro atoms. The molecule has 102 valence electrons. The highest BCUT2D eigenvalue weighted by Gasteiger charge is 2.31. The standard InChI is InChI=1S/C14H18N2O2S/c1-15-13(17)12-7-2-3-8-16(12)14(18)10-5-4-6-11(19)9-10/h4-6,9,12,19H,2-3,7-8H2,1H3,(H,15,17). The molecule has 0 saturated carbocycles. The number of hydrogen-bond acceptors (Lipinski definition) is 3. The third-order valence-corrected chi connectivity index (χ3v) is 3.68. The molecule has 0 radical (unpaired) electrons. The molecule has 19 heavy (non-hydrogen) atoms. The smallest absolute Gasteiger partial charge is 0.254 e. The minimum absolute atomic E-state index is 0.0879. The van der Waals surface area contributed by atoms with Crippen molar-refractivity contribution in [1.29, 1.82) is 0 Å². The molecular formula is C14H18N2O2S. The third-order valence-electron chi connectivity index (χ3n) is 3.41. The lowest BCUT2D eigenvalue weighted by molar-refractivity contribution is -0.126. The average Bonchev–Trinajstić information content (AvgIpc) is 2.45. The maximum Gasteiger partial charge on any atom is 0.254 e. The predicted octanol–water partition coefficient (Wildman–Crippen LogP) is 1.72. The molecule has 1 aliphatic heterocycles. The van der Waals surface area contributed by atoms with E-state index in [0.717, 1.165) is 24.2 Å². The van der Waals surface area contributed by atoms with E-state index >= 15 is 0 Å². The first-order valence-corrected chi connectivity index (χ1v) is 6.90. The van der Waals surface area contributed by atoms with Crippen LogP contribution in [0.15, 0.2) is 29.2 Å². The first-order chi connectivity index (χ1) is 9.13. The van der Waals surface area contributed by atoms with Crippen molar-refractivity contribution in [1.82, 2.24) is 10.2 Å². The van der Waals surface area contributed by atoms with Gasteiger partial charge in [0.25, 0.3) is 5.91 Å². The minimum atomic E-state index is -0.352. The van der Waals surface area contributed by atoms with E-state index in [2.05, 4.69) is 17.9 Å². The number of nitrogens with zero attached hydrogens (tertiary/aromatic N) is 1. The van der Waals surface area contributed by atoms with Crippen LogP contribution in [-0.2, 0) is 4.79 Å². The molecule has 0 aliphatic carbocycles. The van der Waals surface area contributed by atoms with Crippen LogP contribution in [0.4, 0.5) is 0 Å². The van der Waals surface area contributed by atoms with Crippen molar-refractivity contribution in [2.45, 2.75) is 30.2 Å². The van der Waals surface area contributed by atoms with Crippen LogP contribution in [-0.4, -0.2) is 36.3 Å². The molecule has 0 bridgehead atoms. The maximum absolute atomic E-state index is 12.5. The topological polar surface area (TPSA) is 49.4 Å². The number of carbonyl (C=O) groups excluding carboxylic acids is 2. The van der Waals surface area contributed by atoms with E-state index in [0.29, 0.717) is 12.1 Å². The van der Waals surface area contributed by atoms with Crippen molar-refractivity contribution < 1.29 is 9.59 Å². The summed E-state index contributed by atoms with van der Waals surface area (Å²) < 4.78 is 0. The van der Waals surface area contributed by atoms with Crippen molar-refractivity contribution >= 4 is 24.4 Å². The Kier molecular flexibility index (Phi) is 4.47. The van der Waals surface area contributed by atoms with E-state index in [-0.39, 0.29) is 17.9 Å². The van der Waals surface area contributed by atoms with Gasteiger partial charge in [-0.15, -0.1) is 12.6 Å². The lowest BCUT2D eigenvalue weighted by atomic mass is 10.00. The summed E-state index contributed by atoms with van der Waals surface area (Å²) in [7, 11) is 1.61. The van der Waals surface area contributed by atoms with E-state index in [4.69, 9.17) is 0 Å². The van der Waals surface area contributed by atoms with E-state index in [1.54, 1.807) is 30.1 Å². The van der Waals surface area contributed by atoms with E-state index < -0.39 is 0 Å². The Balaban J connectivity index is 2.22. The van der Waals surface area contributed by atoms with E-state index in [1.165, 1.54) is 0 Å². The number of likely N-dealkylation sites (N-methyl/N-ethyl adjacent to an activating group) is 1. The van der Waals surface area contributed by atoms with Crippen molar-refractivity contribution in [3.8, 4) is 0 Å². The molecular weight excluding hydrogens is 260 g/mol. The zero-order valence-electron chi connectivity index (χ0n) is 10.9. The molecule has 2 amide bonds. The molecule has 1 unspecified atom stereocenters. The maximum atomic E-state index is 12.5. The van der Waals surface area contributed by atoms with Crippen molar-refractivity contribution in [2.75, 3.05) is 13.6 Å². The Labute approximate surface area is 118 Å². The number of nitrogens with one attached hydrogen (secondary N) is 1. The number of amides is 2. The van der Waals surface area contributed by atoms with Gasteiger partial charge in [-0.2, -0.15) is 0 Å². The summed E-state index contributed by atoms with van der Waals surface area (Å²) in [6, 6.07) is 6.77. The Morgan fingerprint density at radius 3 is 2.84 bits per heavy atom. The fraction of sp³-hybridized carbons (Fsp3) is 0.429. The predicted molar refractivity (Wildman–Crippen MR) is 76.4 cm³/mol. The number of hydrogen-bond donors (Lipinski definition) is 2. The molecule has 1 heterocycles. The van der Waals surface area contributed by atoms with E-state index in [1.807, 2.05) is 6.07 Å². The second-order valence-electron chi connectivity index (χ2n) is 4.67. The second kappa shape index (κ2) is 6.10. The largest absolute Gasteiger partial charge is 0.357 e. The molecule has 1 saturated heterocycles. The van der Waals surface area contributed by atoms with Gasteiger partial charge in [-0.05, 0) is 37.5 Å². The monoisotopic (exact) mass is 278 g/mol. The lowest BCUT2D eigenvalue weighted by Crippen LogP contribution is -2.51. The minimum Gasteiger partial charge on any atom is -0.357 e. The molecule has 5 heteroatoms. The van der Waals surface area contributed by atoms with Gasteiger partial charge in [-0.3, -0.25) is 9.59 Å². The fourth-order valence-electron chi connectivity index (χ4n) is 2.42. The Bertz CT molecular complexity index is 490. The first-order valence-electron chi connectivity index (χ1n) is 6.45. The van der Waals surface area contributed by atoms with Crippen LogP contribution in [0.25, 0.3) is 0 Å². The number of rotatable bonds is 2. The molecule has 1 aliphatic rings. The Morgan fingerprint density at radius 2 is 2.16 bits per heavy atom. The first kappa shape index (κ1) is 13.9. The molecule has 1 aromatic carbocycles. The number of likely N-dealkylation sites (tertiary alicyclic amines) is 1. The van der Waals surface area contributed by atoms with Crippen LogP contribution >= 0.6 is 12.6 Å². The highest BCUT2D eigenvalue weighted by atomic mass is 32.1. The van der Waals surface area contributed by atoms with Gasteiger partial charge in [0.05, 0.1) is 0 Å². The number of benzene rings is 1. The zero-order chi connectivity index (χ0) is 13.8. The molecule has 2 rings (SSSR count).